The molecule has 0 aliphatic rings. The number of nitriles is 1. The van der Waals surface area contributed by atoms with Crippen LogP contribution < -0.4 is 10.1 Å². The number of para-hydroxylation sites is 1. The summed E-state index contributed by atoms with van der Waals surface area (Å²) in [5.74, 6) is -0.515. The van der Waals surface area contributed by atoms with Gasteiger partial charge in [0.25, 0.3) is 5.91 Å². The Morgan fingerprint density at radius 3 is 2.45 bits per heavy atom. The first-order valence-electron chi connectivity index (χ1n) is 8.50. The van der Waals surface area contributed by atoms with Gasteiger partial charge in [-0.1, -0.05) is 42.5 Å². The second kappa shape index (κ2) is 8.07. The maximum atomic E-state index is 13.2. The van der Waals surface area contributed by atoms with Crippen LogP contribution in [0.25, 0.3) is 16.8 Å². The maximum Gasteiger partial charge on any atom is 0.418 e. The Balaban J connectivity index is 2.04. The lowest BCUT2D eigenvalue weighted by Gasteiger charge is -2.13. The first-order valence-corrected chi connectivity index (χ1v) is 8.50. The summed E-state index contributed by atoms with van der Waals surface area (Å²) in [6, 6.07) is 17.2. The van der Waals surface area contributed by atoms with Gasteiger partial charge in [0, 0.05) is 5.56 Å². The summed E-state index contributed by atoms with van der Waals surface area (Å²) in [5, 5.41) is 13.2. The minimum Gasteiger partial charge on any atom is -0.496 e. The Hall–Kier alpha value is -3.79. The molecule has 1 amide bonds. The highest BCUT2D eigenvalue weighted by Crippen LogP contribution is 2.35. The highest BCUT2D eigenvalue weighted by molar-refractivity contribution is 6.11. The minimum absolute atomic E-state index is 0.350. The summed E-state index contributed by atoms with van der Waals surface area (Å²) in [7, 11) is 1.45. The number of benzene rings is 3. The maximum absolute atomic E-state index is 13.2. The SMILES string of the molecule is COc1ccc2ccccc2c1C=C(C#N)C(=O)Nc1ccccc1C(F)(F)F. The number of halogens is 3. The smallest absolute Gasteiger partial charge is 0.418 e. The van der Waals surface area contributed by atoms with Gasteiger partial charge in [0.2, 0.25) is 0 Å². The van der Waals surface area contributed by atoms with Crippen LogP contribution in [-0.4, -0.2) is 13.0 Å². The zero-order valence-electron chi connectivity index (χ0n) is 15.2. The highest BCUT2D eigenvalue weighted by atomic mass is 19.4. The summed E-state index contributed by atoms with van der Waals surface area (Å²) in [4.78, 5) is 12.6. The van der Waals surface area contributed by atoms with Crippen LogP contribution in [0.5, 0.6) is 5.75 Å². The number of nitrogens with zero attached hydrogens (tertiary/aromatic N) is 1. The molecule has 0 bridgehead atoms. The topological polar surface area (TPSA) is 62.1 Å². The van der Waals surface area contributed by atoms with E-state index < -0.39 is 23.3 Å². The molecule has 1 N–H and O–H groups in total. The van der Waals surface area contributed by atoms with Crippen LogP contribution in [0.1, 0.15) is 11.1 Å². The van der Waals surface area contributed by atoms with Gasteiger partial charge in [-0.3, -0.25) is 4.79 Å². The van der Waals surface area contributed by atoms with E-state index in [0.717, 1.165) is 22.9 Å². The number of alkyl halides is 3. The molecule has 0 fully saturated rings. The third-order valence-electron chi connectivity index (χ3n) is 4.29. The Morgan fingerprint density at radius 2 is 1.76 bits per heavy atom. The standard InChI is InChI=1S/C22H15F3N2O2/c1-29-20-11-10-14-6-2-3-7-16(14)17(20)12-15(13-26)21(28)27-19-9-5-4-8-18(19)22(23,24)25/h2-12H,1H3,(H,27,28). The number of methoxy groups -OCH3 is 1. The van der Waals surface area contributed by atoms with Crippen molar-refractivity contribution in [2.75, 3.05) is 12.4 Å². The number of hydrogen-bond acceptors (Lipinski definition) is 3. The molecule has 0 aromatic heterocycles. The third kappa shape index (κ3) is 4.22. The zero-order chi connectivity index (χ0) is 21.0. The monoisotopic (exact) mass is 396 g/mol. The van der Waals surface area contributed by atoms with E-state index in [1.807, 2.05) is 18.2 Å². The molecule has 0 aliphatic carbocycles. The van der Waals surface area contributed by atoms with Gasteiger partial charge in [-0.25, -0.2) is 0 Å². The second-order valence-electron chi connectivity index (χ2n) is 6.07. The molecule has 0 spiro atoms. The molecular formula is C22H15F3N2O2. The van der Waals surface area contributed by atoms with E-state index in [1.165, 1.54) is 25.3 Å². The number of carbonyl (C=O) groups is 1. The highest BCUT2D eigenvalue weighted by Gasteiger charge is 2.33. The van der Waals surface area contributed by atoms with E-state index in [2.05, 4.69) is 5.32 Å². The normalized spacial score (nSPS) is 11.8. The average molecular weight is 396 g/mol. The van der Waals surface area contributed by atoms with Crippen LogP contribution >= 0.6 is 0 Å². The number of anilines is 1. The van der Waals surface area contributed by atoms with E-state index in [1.54, 1.807) is 24.3 Å². The number of carbonyl (C=O) groups excluding carboxylic acids is 1. The molecular weight excluding hydrogens is 381 g/mol. The molecule has 29 heavy (non-hydrogen) atoms. The van der Waals surface area contributed by atoms with Gasteiger partial charge in [0.15, 0.2) is 0 Å². The Kier molecular flexibility index (Phi) is 5.55. The van der Waals surface area contributed by atoms with Gasteiger partial charge >= 0.3 is 6.18 Å². The number of ether oxygens (including phenoxy) is 1. The fraction of sp³-hybridized carbons (Fsp3) is 0.0909. The van der Waals surface area contributed by atoms with Gasteiger partial charge in [-0.05, 0) is 35.0 Å². The first-order chi connectivity index (χ1) is 13.8. The van der Waals surface area contributed by atoms with Crippen molar-refractivity contribution < 1.29 is 22.7 Å². The first kappa shape index (κ1) is 20.0. The van der Waals surface area contributed by atoms with Crippen molar-refractivity contribution in [3.05, 3.63) is 77.4 Å². The van der Waals surface area contributed by atoms with Crippen molar-refractivity contribution in [3.63, 3.8) is 0 Å². The lowest BCUT2D eigenvalue weighted by molar-refractivity contribution is -0.137. The summed E-state index contributed by atoms with van der Waals surface area (Å²) >= 11 is 0. The van der Waals surface area contributed by atoms with Gasteiger partial charge in [0.1, 0.15) is 17.4 Å². The number of rotatable bonds is 4. The molecule has 0 saturated carbocycles. The molecule has 146 valence electrons. The van der Waals surface area contributed by atoms with Crippen LogP contribution in [0, 0.1) is 11.3 Å². The number of hydrogen-bond donors (Lipinski definition) is 1. The van der Waals surface area contributed by atoms with Crippen molar-refractivity contribution in [3.8, 4) is 11.8 Å². The lowest BCUT2D eigenvalue weighted by Crippen LogP contribution is -2.17. The van der Waals surface area contributed by atoms with Crippen molar-refractivity contribution >= 4 is 28.4 Å². The number of nitrogens with one attached hydrogen (secondary N) is 1. The Morgan fingerprint density at radius 1 is 1.07 bits per heavy atom. The predicted molar refractivity (Wildman–Crippen MR) is 104 cm³/mol. The van der Waals surface area contributed by atoms with E-state index in [9.17, 15) is 23.2 Å². The van der Waals surface area contributed by atoms with Crippen molar-refractivity contribution in [2.24, 2.45) is 0 Å². The Labute approximate surface area is 164 Å². The zero-order valence-corrected chi connectivity index (χ0v) is 15.2. The van der Waals surface area contributed by atoms with E-state index in [-0.39, 0.29) is 5.57 Å². The van der Waals surface area contributed by atoms with Crippen molar-refractivity contribution in [1.29, 1.82) is 5.26 Å². The van der Waals surface area contributed by atoms with Crippen LogP contribution in [0.2, 0.25) is 0 Å². The molecule has 3 rings (SSSR count). The largest absolute Gasteiger partial charge is 0.496 e. The molecule has 0 atom stereocenters. The summed E-state index contributed by atoms with van der Waals surface area (Å²) in [6.07, 6.45) is -3.33. The van der Waals surface area contributed by atoms with Crippen LogP contribution in [0.4, 0.5) is 18.9 Å². The van der Waals surface area contributed by atoms with E-state index >= 15 is 0 Å². The molecule has 4 nitrogen and oxygen atoms in total. The van der Waals surface area contributed by atoms with Crippen molar-refractivity contribution in [2.45, 2.75) is 6.18 Å². The quantitative estimate of drug-likeness (QED) is 0.474. The van der Waals surface area contributed by atoms with Crippen molar-refractivity contribution in [1.82, 2.24) is 0 Å². The molecule has 7 heteroatoms. The van der Waals surface area contributed by atoms with Gasteiger partial charge in [-0.15, -0.1) is 0 Å². The summed E-state index contributed by atoms with van der Waals surface area (Å²) < 4.78 is 44.8. The number of fused-ring (bicyclic) bond motifs is 1. The van der Waals surface area contributed by atoms with Gasteiger partial charge < -0.3 is 10.1 Å². The second-order valence-corrected chi connectivity index (χ2v) is 6.07. The fourth-order valence-corrected chi connectivity index (χ4v) is 2.92. The van der Waals surface area contributed by atoms with Gasteiger partial charge in [0.05, 0.1) is 18.4 Å². The fourth-order valence-electron chi connectivity index (χ4n) is 2.92. The number of amides is 1. The molecule has 3 aromatic rings. The van der Waals surface area contributed by atoms with E-state index in [0.29, 0.717) is 11.3 Å². The summed E-state index contributed by atoms with van der Waals surface area (Å²) in [6.45, 7) is 0. The third-order valence-corrected chi connectivity index (χ3v) is 4.29. The van der Waals surface area contributed by atoms with Crippen LogP contribution in [-0.2, 0) is 11.0 Å². The molecule has 0 aliphatic heterocycles. The van der Waals surface area contributed by atoms with Gasteiger partial charge in [-0.2, -0.15) is 18.4 Å². The van der Waals surface area contributed by atoms with Crippen LogP contribution in [0.3, 0.4) is 0 Å². The summed E-state index contributed by atoms with van der Waals surface area (Å²) in [5.41, 5.74) is -1.28. The van der Waals surface area contributed by atoms with Crippen LogP contribution in [0.15, 0.2) is 66.2 Å². The minimum atomic E-state index is -4.64. The molecule has 3 aromatic carbocycles. The average Bonchev–Trinajstić information content (AvgIpc) is 2.71. The molecule has 0 radical (unpaired) electrons. The Bertz CT molecular complexity index is 1140. The predicted octanol–water partition coefficient (Wildman–Crippen LogP) is 5.41. The lowest BCUT2D eigenvalue weighted by atomic mass is 10.0. The molecule has 0 heterocycles. The molecule has 0 unspecified atom stereocenters. The molecule has 0 saturated heterocycles. The van der Waals surface area contributed by atoms with E-state index in [4.69, 9.17) is 4.74 Å².